The third-order valence-corrected chi connectivity index (χ3v) is 20.4. The molecule has 22 nitrogen and oxygen atoms in total. The molecule has 0 radical (unpaired) electrons. The molecule has 26 unspecified atom stereocenters. The van der Waals surface area contributed by atoms with Gasteiger partial charge in [0.2, 0.25) is 0 Å². The maximum atomic E-state index is 13.6. The van der Waals surface area contributed by atoms with Crippen molar-refractivity contribution >= 4 is 17.6 Å². The number of fused-ring (bicyclic) bond motifs is 5. The summed E-state index contributed by atoms with van der Waals surface area (Å²) in [5, 5.41) is 63.7. The number of ether oxygens (including phenoxy) is 14. The Hall–Kier alpha value is -2.98. The van der Waals surface area contributed by atoms with E-state index in [0.717, 1.165) is 5.57 Å². The Morgan fingerprint density at radius 1 is 0.691 bits per heavy atom. The van der Waals surface area contributed by atoms with Crippen molar-refractivity contribution in [2.75, 3.05) is 40.8 Å². The number of aliphatic hydroxyl groups is 5. The third-order valence-electron chi connectivity index (χ3n) is 20.4. The summed E-state index contributed by atoms with van der Waals surface area (Å²) in [7, 11) is 7.93. The molecule has 6 N–H and O–H groups in total. The summed E-state index contributed by atoms with van der Waals surface area (Å²) < 4.78 is 87.0. The molecule has 0 bridgehead atoms. The van der Waals surface area contributed by atoms with Crippen molar-refractivity contribution in [3.8, 4) is 0 Å². The SMILES string of the molecule is CNc1ccccc1C(=O)OC(C)C1(O)CCC2(O)C3(O)CC=C4CC(OC5CC(OC)C(OC6CC(OC)C(OC7CC(OC)C(OC8OC(C)C(O)C(OC)C8O)C(C)O7)C(C)O6)C(C)O5)CCC4(C)C3CC(OC(C)=O)C12C. The van der Waals surface area contributed by atoms with Crippen molar-refractivity contribution in [2.24, 2.45) is 16.7 Å². The van der Waals surface area contributed by atoms with Gasteiger partial charge in [0.1, 0.15) is 65.6 Å². The number of esters is 2. The topological polar surface area (TPSA) is 277 Å². The fraction of sp³-hybridized carbons (Fsp3) is 0.831. The van der Waals surface area contributed by atoms with Crippen molar-refractivity contribution in [3.05, 3.63) is 41.5 Å². The Bertz CT molecular complexity index is 2380. The van der Waals surface area contributed by atoms with Gasteiger partial charge in [-0.15, -0.1) is 0 Å². The van der Waals surface area contributed by atoms with Crippen LogP contribution < -0.4 is 5.32 Å². The van der Waals surface area contributed by atoms with Gasteiger partial charge in [-0.3, -0.25) is 4.79 Å². The molecule has 458 valence electrons. The van der Waals surface area contributed by atoms with Crippen LogP contribution in [0.15, 0.2) is 35.9 Å². The lowest BCUT2D eigenvalue weighted by Crippen LogP contribution is -2.78. The van der Waals surface area contributed by atoms with E-state index in [4.69, 9.17) is 66.3 Å². The van der Waals surface area contributed by atoms with Crippen LogP contribution in [-0.2, 0) is 71.1 Å². The van der Waals surface area contributed by atoms with Gasteiger partial charge in [-0.2, -0.15) is 0 Å². The molecule has 0 spiro atoms. The van der Waals surface area contributed by atoms with Crippen molar-refractivity contribution in [1.82, 2.24) is 0 Å². The molecular formula is C59H91NO21. The molecule has 8 aliphatic rings. The molecule has 4 saturated heterocycles. The number of nitrogens with one attached hydrogen (secondary N) is 1. The van der Waals surface area contributed by atoms with Gasteiger partial charge in [0.25, 0.3) is 0 Å². The molecule has 4 aliphatic carbocycles. The monoisotopic (exact) mass is 1150 g/mol. The highest BCUT2D eigenvalue weighted by atomic mass is 16.8. The fourth-order valence-corrected chi connectivity index (χ4v) is 15.6. The van der Waals surface area contributed by atoms with Gasteiger partial charge < -0.3 is 97.2 Å². The molecular weight excluding hydrogens is 1060 g/mol. The van der Waals surface area contributed by atoms with E-state index in [9.17, 15) is 35.1 Å². The number of carbonyl (C=O) groups excluding carboxylic acids is 2. The summed E-state index contributed by atoms with van der Waals surface area (Å²) in [4.78, 5) is 26.6. The van der Waals surface area contributed by atoms with Crippen molar-refractivity contribution < 1.29 is 101 Å². The second-order valence-electron chi connectivity index (χ2n) is 24.5. The minimum absolute atomic E-state index is 0.0249. The Balaban J connectivity index is 0.811. The lowest BCUT2D eigenvalue weighted by atomic mass is 9.42. The normalized spacial score (nSPS) is 47.5. The molecule has 7 fully saturated rings. The first kappa shape index (κ1) is 62.5. The number of rotatable bonds is 17. The van der Waals surface area contributed by atoms with Crippen LogP contribution in [0.3, 0.4) is 0 Å². The van der Waals surface area contributed by atoms with Gasteiger partial charge in [0, 0.05) is 73.3 Å². The average Bonchev–Trinajstić information content (AvgIpc) is 3.35. The summed E-state index contributed by atoms with van der Waals surface area (Å²) in [5.74, 6) is -1.84. The van der Waals surface area contributed by atoms with Crippen LogP contribution in [0.2, 0.25) is 0 Å². The highest BCUT2D eigenvalue weighted by Crippen LogP contribution is 2.71. The number of carbonyl (C=O) groups is 2. The number of aliphatic hydroxyl groups excluding tert-OH is 2. The largest absolute Gasteiger partial charge is 0.462 e. The lowest BCUT2D eigenvalue weighted by molar-refractivity contribution is -0.356. The Kier molecular flexibility index (Phi) is 18.9. The van der Waals surface area contributed by atoms with Crippen LogP contribution >= 0.6 is 0 Å². The highest BCUT2D eigenvalue weighted by Gasteiger charge is 2.81. The first-order valence-corrected chi connectivity index (χ1v) is 29.1. The summed E-state index contributed by atoms with van der Waals surface area (Å²) in [6, 6.07) is 6.87. The molecule has 9 rings (SSSR count). The predicted octanol–water partition coefficient (Wildman–Crippen LogP) is 4.21. The summed E-state index contributed by atoms with van der Waals surface area (Å²) in [5.41, 5.74) is -6.01. The van der Waals surface area contributed by atoms with Crippen molar-refractivity contribution in [1.29, 1.82) is 0 Å². The molecule has 22 heteroatoms. The second-order valence-corrected chi connectivity index (χ2v) is 24.5. The molecule has 4 heterocycles. The quantitative estimate of drug-likeness (QED) is 0.0941. The third kappa shape index (κ3) is 11.1. The Morgan fingerprint density at radius 3 is 1.79 bits per heavy atom. The highest BCUT2D eigenvalue weighted by molar-refractivity contribution is 5.95. The smallest absolute Gasteiger partial charge is 0.340 e. The van der Waals surface area contributed by atoms with Crippen LogP contribution in [0, 0.1) is 16.7 Å². The molecule has 3 saturated carbocycles. The van der Waals surface area contributed by atoms with Crippen LogP contribution in [0.25, 0.3) is 0 Å². The second kappa shape index (κ2) is 24.4. The summed E-state index contributed by atoms with van der Waals surface area (Å²) >= 11 is 0. The number of hydrogen-bond donors (Lipinski definition) is 6. The molecule has 4 aliphatic heterocycles. The maximum Gasteiger partial charge on any atom is 0.340 e. The minimum Gasteiger partial charge on any atom is -0.462 e. The van der Waals surface area contributed by atoms with Gasteiger partial charge in [-0.05, 0) is 97.1 Å². The number of benzene rings is 1. The van der Waals surface area contributed by atoms with Crippen LogP contribution in [0.5, 0.6) is 0 Å². The van der Waals surface area contributed by atoms with E-state index in [1.807, 2.05) is 26.8 Å². The van der Waals surface area contributed by atoms with Crippen LogP contribution in [0.1, 0.15) is 130 Å². The molecule has 26 atom stereocenters. The minimum atomic E-state index is -1.96. The molecule has 1 aromatic carbocycles. The van der Waals surface area contributed by atoms with E-state index in [1.54, 1.807) is 73.4 Å². The van der Waals surface area contributed by atoms with Crippen molar-refractivity contribution in [3.63, 3.8) is 0 Å². The Labute approximate surface area is 475 Å². The molecule has 0 amide bonds. The number of methoxy groups -OCH3 is 4. The first-order chi connectivity index (χ1) is 38.3. The fourth-order valence-electron chi connectivity index (χ4n) is 15.6. The van der Waals surface area contributed by atoms with E-state index in [1.165, 1.54) is 14.0 Å². The predicted molar refractivity (Wildman–Crippen MR) is 287 cm³/mol. The number of para-hydroxylation sites is 1. The van der Waals surface area contributed by atoms with Crippen molar-refractivity contribution in [2.45, 2.75) is 259 Å². The van der Waals surface area contributed by atoms with Gasteiger partial charge in [-0.1, -0.05) is 37.6 Å². The van der Waals surface area contributed by atoms with E-state index >= 15 is 0 Å². The molecule has 81 heavy (non-hydrogen) atoms. The number of hydrogen-bond acceptors (Lipinski definition) is 22. The first-order valence-electron chi connectivity index (χ1n) is 29.1. The zero-order chi connectivity index (χ0) is 58.7. The van der Waals surface area contributed by atoms with Gasteiger partial charge in [0.05, 0.1) is 59.8 Å². The van der Waals surface area contributed by atoms with Crippen LogP contribution in [0.4, 0.5) is 5.69 Å². The van der Waals surface area contributed by atoms with Gasteiger partial charge in [0.15, 0.2) is 25.2 Å². The van der Waals surface area contributed by atoms with E-state index < -0.39 is 162 Å². The van der Waals surface area contributed by atoms with E-state index in [0.29, 0.717) is 44.2 Å². The van der Waals surface area contributed by atoms with E-state index in [2.05, 4.69) is 12.2 Å². The average molecular weight is 1150 g/mol. The van der Waals surface area contributed by atoms with Gasteiger partial charge >= 0.3 is 11.9 Å². The Morgan fingerprint density at radius 2 is 1.25 bits per heavy atom. The number of anilines is 1. The standard InChI is InChI=1S/C59H91NO21/c1-29-47(62)52(71-13)48(63)54(75-29)81-51-32(4)74-46(27-41(51)70-12)80-50-31(3)73-45(26-40(50)69-11)79-49-30(2)72-44(25-39(49)68-10)78-36-19-20-55(7)35(24-36)18-21-58(66)42(55)28-43(77-34(6)61)56(8)57(65,22-23-59(56,58)67)33(5)76-53(64)37-16-14-15-17-38(37)60-9/h14-18,29-33,36,39-52,54,60,62-63,65-67H,19-28H2,1-13H3. The van der Waals surface area contributed by atoms with Gasteiger partial charge in [-0.25, -0.2) is 4.79 Å². The van der Waals surface area contributed by atoms with E-state index in [-0.39, 0.29) is 37.4 Å². The summed E-state index contributed by atoms with van der Waals surface area (Å²) in [6.45, 7) is 14.0. The van der Waals surface area contributed by atoms with Crippen LogP contribution in [-0.4, -0.2) is 213 Å². The lowest BCUT2D eigenvalue weighted by Gasteiger charge is -2.67. The zero-order valence-corrected chi connectivity index (χ0v) is 49.4. The molecule has 0 aromatic heterocycles. The molecule has 1 aromatic rings. The summed E-state index contributed by atoms with van der Waals surface area (Å²) in [6.07, 6.45) is -9.09. The maximum absolute atomic E-state index is 13.6. The zero-order valence-electron chi connectivity index (χ0n) is 49.4.